The minimum Gasteiger partial charge on any atom is -0.326 e. The average molecular weight is 488 g/mol. The molecule has 4 rings (SSSR count). The molecule has 2 aromatic carbocycles. The highest BCUT2D eigenvalue weighted by Gasteiger charge is 2.46. The third-order valence-corrected chi connectivity index (χ3v) is 7.28. The van der Waals surface area contributed by atoms with Gasteiger partial charge in [-0.2, -0.15) is 0 Å². The van der Waals surface area contributed by atoms with E-state index in [2.05, 4.69) is 10.0 Å². The maximum absolute atomic E-state index is 12.7. The molecule has 172 valence electrons. The number of amides is 3. The molecule has 0 radical (unpaired) electrons. The number of allylic oxidation sites excluding steroid dienone is 2. The van der Waals surface area contributed by atoms with E-state index in [1.807, 2.05) is 12.2 Å². The number of sulfonamides is 1. The van der Waals surface area contributed by atoms with Crippen LogP contribution in [0.3, 0.4) is 0 Å². The summed E-state index contributed by atoms with van der Waals surface area (Å²) in [5, 5.41) is 3.02. The van der Waals surface area contributed by atoms with E-state index < -0.39 is 15.9 Å². The van der Waals surface area contributed by atoms with Crippen molar-refractivity contribution in [1.82, 2.24) is 4.90 Å². The van der Waals surface area contributed by atoms with Gasteiger partial charge in [-0.1, -0.05) is 35.9 Å². The van der Waals surface area contributed by atoms with Gasteiger partial charge >= 0.3 is 0 Å². The molecule has 0 unspecified atom stereocenters. The number of likely N-dealkylation sites (tertiary alicyclic amines) is 1. The Bertz CT molecular complexity index is 1220. The molecule has 0 saturated carbocycles. The number of fused-ring (bicyclic) bond motifs is 1. The van der Waals surface area contributed by atoms with Gasteiger partial charge in [0, 0.05) is 23.7 Å². The molecular weight excluding hydrogens is 466 g/mol. The number of hydrogen-bond acceptors (Lipinski definition) is 5. The monoisotopic (exact) mass is 487 g/mol. The van der Waals surface area contributed by atoms with Crippen LogP contribution >= 0.6 is 11.6 Å². The first-order valence-corrected chi connectivity index (χ1v) is 12.3. The molecule has 2 atom stereocenters. The van der Waals surface area contributed by atoms with Crippen LogP contribution in [0.25, 0.3) is 0 Å². The summed E-state index contributed by atoms with van der Waals surface area (Å²) in [6.07, 6.45) is 4.82. The Morgan fingerprint density at radius 3 is 2.27 bits per heavy atom. The number of hydrogen-bond donors (Lipinski definition) is 2. The first-order valence-electron chi connectivity index (χ1n) is 10.4. The molecule has 2 aromatic rings. The van der Waals surface area contributed by atoms with Gasteiger partial charge in [0.2, 0.25) is 17.7 Å². The van der Waals surface area contributed by atoms with Crippen molar-refractivity contribution in [1.29, 1.82) is 0 Å². The molecule has 2 aliphatic rings. The van der Waals surface area contributed by atoms with Crippen molar-refractivity contribution >= 4 is 50.7 Å². The van der Waals surface area contributed by atoms with Crippen molar-refractivity contribution in [2.75, 3.05) is 16.6 Å². The third kappa shape index (κ3) is 5.09. The molecule has 1 heterocycles. The Kier molecular flexibility index (Phi) is 6.53. The zero-order chi connectivity index (χ0) is 23.6. The van der Waals surface area contributed by atoms with Crippen molar-refractivity contribution < 1.29 is 22.8 Å². The summed E-state index contributed by atoms with van der Waals surface area (Å²) in [4.78, 5) is 38.6. The summed E-state index contributed by atoms with van der Waals surface area (Å²) in [6.45, 7) is -0.00912. The Balaban J connectivity index is 1.38. The lowest BCUT2D eigenvalue weighted by atomic mass is 9.85. The summed E-state index contributed by atoms with van der Waals surface area (Å²) in [6, 6.07) is 12.1. The zero-order valence-corrected chi connectivity index (χ0v) is 19.1. The lowest BCUT2D eigenvalue weighted by molar-refractivity contribution is -0.140. The normalized spacial score (nSPS) is 20.0. The van der Waals surface area contributed by atoms with Crippen LogP contribution in [0.5, 0.6) is 0 Å². The first-order chi connectivity index (χ1) is 15.7. The highest BCUT2D eigenvalue weighted by Crippen LogP contribution is 2.35. The van der Waals surface area contributed by atoms with Gasteiger partial charge in [-0.05, 0) is 49.2 Å². The Hall–Kier alpha value is -3.17. The maximum Gasteiger partial charge on any atom is 0.261 e. The van der Waals surface area contributed by atoms with Crippen molar-refractivity contribution in [3.05, 3.63) is 65.7 Å². The van der Waals surface area contributed by atoms with Crippen LogP contribution < -0.4 is 10.0 Å². The quantitative estimate of drug-likeness (QED) is 0.459. The highest BCUT2D eigenvalue weighted by atomic mass is 35.5. The number of benzene rings is 2. The summed E-state index contributed by atoms with van der Waals surface area (Å²) in [5.41, 5.74) is 0.596. The minimum absolute atomic E-state index is 0.00912. The molecule has 0 spiro atoms. The average Bonchev–Trinajstić information content (AvgIpc) is 3.02. The second kappa shape index (κ2) is 9.36. The summed E-state index contributed by atoms with van der Waals surface area (Å²) in [5.74, 6) is -1.57. The van der Waals surface area contributed by atoms with Gasteiger partial charge in [-0.15, -0.1) is 0 Å². The van der Waals surface area contributed by atoms with Crippen molar-refractivity contribution in [2.45, 2.75) is 24.2 Å². The lowest BCUT2D eigenvalue weighted by Crippen LogP contribution is -2.34. The highest BCUT2D eigenvalue weighted by molar-refractivity contribution is 7.92. The lowest BCUT2D eigenvalue weighted by Gasteiger charge is -2.15. The fourth-order valence-corrected chi connectivity index (χ4v) is 5.32. The molecule has 1 aliphatic carbocycles. The zero-order valence-electron chi connectivity index (χ0n) is 17.5. The van der Waals surface area contributed by atoms with Gasteiger partial charge in [0.1, 0.15) is 0 Å². The number of carbonyl (C=O) groups excluding carboxylic acids is 3. The number of nitrogens with one attached hydrogen (secondary N) is 2. The number of rotatable bonds is 7. The van der Waals surface area contributed by atoms with E-state index in [1.165, 1.54) is 24.3 Å². The third-order valence-electron chi connectivity index (χ3n) is 5.67. The molecule has 0 aromatic heterocycles. The van der Waals surface area contributed by atoms with Crippen molar-refractivity contribution in [3.63, 3.8) is 0 Å². The molecule has 1 aliphatic heterocycles. The van der Waals surface area contributed by atoms with E-state index in [4.69, 9.17) is 11.6 Å². The van der Waals surface area contributed by atoms with Gasteiger partial charge in [-0.3, -0.25) is 24.0 Å². The van der Waals surface area contributed by atoms with Crippen LogP contribution in [0.4, 0.5) is 11.4 Å². The fourth-order valence-electron chi connectivity index (χ4n) is 4.03. The molecule has 33 heavy (non-hydrogen) atoms. The van der Waals surface area contributed by atoms with Gasteiger partial charge in [0.15, 0.2) is 0 Å². The molecule has 10 heteroatoms. The fraction of sp³-hybridized carbons (Fsp3) is 0.261. The second-order valence-corrected chi connectivity index (χ2v) is 10.0. The summed E-state index contributed by atoms with van der Waals surface area (Å²) in [7, 11) is -3.90. The predicted octanol–water partition coefficient (Wildman–Crippen LogP) is 3.42. The number of anilines is 2. The van der Waals surface area contributed by atoms with Crippen LogP contribution in [0.15, 0.2) is 65.6 Å². The molecule has 1 fully saturated rings. The maximum atomic E-state index is 12.7. The molecule has 3 amide bonds. The minimum atomic E-state index is -3.90. The summed E-state index contributed by atoms with van der Waals surface area (Å²) < 4.78 is 27.8. The molecule has 0 bridgehead atoms. The van der Waals surface area contributed by atoms with E-state index in [9.17, 15) is 22.8 Å². The van der Waals surface area contributed by atoms with Crippen LogP contribution in [-0.2, 0) is 24.4 Å². The topological polar surface area (TPSA) is 113 Å². The second-order valence-electron chi connectivity index (χ2n) is 7.93. The van der Waals surface area contributed by atoms with E-state index in [0.717, 1.165) is 4.90 Å². The Morgan fingerprint density at radius 2 is 1.61 bits per heavy atom. The van der Waals surface area contributed by atoms with Gasteiger partial charge in [0.05, 0.1) is 22.4 Å². The van der Waals surface area contributed by atoms with E-state index in [-0.39, 0.29) is 47.2 Å². The van der Waals surface area contributed by atoms with Crippen LogP contribution in [0, 0.1) is 11.8 Å². The van der Waals surface area contributed by atoms with Gasteiger partial charge in [-0.25, -0.2) is 8.42 Å². The van der Waals surface area contributed by atoms with E-state index >= 15 is 0 Å². The van der Waals surface area contributed by atoms with Crippen molar-refractivity contribution in [2.24, 2.45) is 11.8 Å². The number of nitrogens with zero attached hydrogens (tertiary/aromatic N) is 1. The first kappa shape index (κ1) is 23.0. The van der Waals surface area contributed by atoms with E-state index in [0.29, 0.717) is 23.6 Å². The Morgan fingerprint density at radius 1 is 0.970 bits per heavy atom. The smallest absolute Gasteiger partial charge is 0.261 e. The standard InChI is InChI=1S/C23H22ClN3O5S/c24-15-5-3-7-17(13-15)26-33(31,32)18-8-4-6-16(14-18)25-21(28)11-12-27-22(29)19-9-1-2-10-20(19)23(27)30/h1-8,13-14,19-20,26H,9-12H2,(H,25,28)/t19-,20-/m0/s1. The molecule has 1 saturated heterocycles. The van der Waals surface area contributed by atoms with Gasteiger partial charge in [0.25, 0.3) is 10.0 Å². The molecule has 8 nitrogen and oxygen atoms in total. The number of carbonyl (C=O) groups is 3. The van der Waals surface area contributed by atoms with Crippen LogP contribution in [0.1, 0.15) is 19.3 Å². The SMILES string of the molecule is O=C(CCN1C(=O)[C@H]2CC=CC[C@@H]2C1=O)Nc1cccc(S(=O)(=O)Nc2cccc(Cl)c2)c1. The van der Waals surface area contributed by atoms with E-state index in [1.54, 1.807) is 24.3 Å². The summed E-state index contributed by atoms with van der Waals surface area (Å²) >= 11 is 5.90. The number of halogens is 1. The van der Waals surface area contributed by atoms with Gasteiger partial charge < -0.3 is 5.32 Å². The molecular formula is C23H22ClN3O5S. The Labute approximate surface area is 196 Å². The van der Waals surface area contributed by atoms with Crippen LogP contribution in [0.2, 0.25) is 5.02 Å². The van der Waals surface area contributed by atoms with Crippen LogP contribution in [-0.4, -0.2) is 37.6 Å². The van der Waals surface area contributed by atoms with Crippen molar-refractivity contribution in [3.8, 4) is 0 Å². The number of imide groups is 1. The largest absolute Gasteiger partial charge is 0.326 e. The predicted molar refractivity (Wildman–Crippen MR) is 124 cm³/mol. The molecule has 2 N–H and O–H groups in total.